The van der Waals surface area contributed by atoms with E-state index in [9.17, 15) is 4.79 Å². The van der Waals surface area contributed by atoms with E-state index in [1.54, 1.807) is 16.6 Å². The maximum absolute atomic E-state index is 11.2. The number of hydrogen-bond donors (Lipinski definition) is 3. The summed E-state index contributed by atoms with van der Waals surface area (Å²) in [6.45, 7) is 1.89. The SMILES string of the molecule is N#Cc1cccc(Nc2ncnn3ccc(CN4CC[C@@H](N)[C@@H](OC(N)=O)C4)c23)c1. The van der Waals surface area contributed by atoms with Crippen molar-refractivity contribution >= 4 is 23.1 Å². The van der Waals surface area contributed by atoms with E-state index >= 15 is 0 Å². The molecule has 1 aromatic carbocycles. The van der Waals surface area contributed by atoms with E-state index < -0.39 is 12.2 Å². The number of piperidine rings is 1. The Morgan fingerprint density at radius 1 is 1.40 bits per heavy atom. The molecule has 0 aliphatic carbocycles. The molecule has 10 heteroatoms. The highest BCUT2D eigenvalue weighted by molar-refractivity contribution is 5.76. The Kier molecular flexibility index (Phi) is 5.47. The maximum Gasteiger partial charge on any atom is 0.404 e. The van der Waals surface area contributed by atoms with Gasteiger partial charge in [-0.15, -0.1) is 0 Å². The van der Waals surface area contributed by atoms with E-state index in [0.717, 1.165) is 23.3 Å². The third-order valence-corrected chi connectivity index (χ3v) is 5.15. The van der Waals surface area contributed by atoms with Gasteiger partial charge in [-0.05, 0) is 36.2 Å². The summed E-state index contributed by atoms with van der Waals surface area (Å²) in [6.07, 6.45) is 2.80. The number of nitriles is 1. The lowest BCUT2D eigenvalue weighted by Crippen LogP contribution is -2.52. The molecule has 4 rings (SSSR count). The largest absolute Gasteiger partial charge is 0.443 e. The highest BCUT2D eigenvalue weighted by Gasteiger charge is 2.29. The summed E-state index contributed by atoms with van der Waals surface area (Å²) in [5.74, 6) is 0.638. The van der Waals surface area contributed by atoms with Crippen LogP contribution in [0.25, 0.3) is 5.52 Å². The van der Waals surface area contributed by atoms with Crippen LogP contribution >= 0.6 is 0 Å². The standard InChI is InChI=1S/C20H22N8O2/c21-9-13-2-1-3-15(8-13)26-19-18-14(4-7-28(18)25-12-24-19)10-27-6-5-16(22)17(11-27)30-20(23)29/h1-4,7-8,12,16-17H,5-6,10-11,22H2,(H2,23,29)(H,24,25,26)/t16-,17+/m1/s1. The fourth-order valence-electron chi connectivity index (χ4n) is 3.70. The molecule has 1 aliphatic heterocycles. The third-order valence-electron chi connectivity index (χ3n) is 5.15. The molecule has 5 N–H and O–H groups in total. The summed E-state index contributed by atoms with van der Waals surface area (Å²) in [6, 6.07) is 11.1. The molecule has 1 amide bonds. The summed E-state index contributed by atoms with van der Waals surface area (Å²) in [4.78, 5) is 17.7. The van der Waals surface area contributed by atoms with Crippen molar-refractivity contribution in [2.75, 3.05) is 18.4 Å². The van der Waals surface area contributed by atoms with Crippen molar-refractivity contribution in [2.24, 2.45) is 11.5 Å². The zero-order valence-corrected chi connectivity index (χ0v) is 16.2. The molecule has 0 unspecified atom stereocenters. The van der Waals surface area contributed by atoms with E-state index in [4.69, 9.17) is 21.5 Å². The Morgan fingerprint density at radius 3 is 3.07 bits per heavy atom. The summed E-state index contributed by atoms with van der Waals surface area (Å²) in [5, 5.41) is 16.7. The number of nitrogens with one attached hydrogen (secondary N) is 1. The van der Waals surface area contributed by atoms with Gasteiger partial charge >= 0.3 is 6.09 Å². The first-order valence-corrected chi connectivity index (χ1v) is 9.56. The second-order valence-electron chi connectivity index (χ2n) is 7.22. The van der Waals surface area contributed by atoms with E-state index in [1.807, 2.05) is 24.4 Å². The molecule has 0 spiro atoms. The van der Waals surface area contributed by atoms with Gasteiger partial charge in [0.25, 0.3) is 0 Å². The highest BCUT2D eigenvalue weighted by Crippen LogP contribution is 2.25. The number of hydrogen-bond acceptors (Lipinski definition) is 8. The van der Waals surface area contributed by atoms with Crippen LogP contribution in [-0.4, -0.2) is 50.8 Å². The fourth-order valence-corrected chi connectivity index (χ4v) is 3.70. The van der Waals surface area contributed by atoms with Crippen molar-refractivity contribution in [3.63, 3.8) is 0 Å². The molecule has 30 heavy (non-hydrogen) atoms. The van der Waals surface area contributed by atoms with E-state index in [1.165, 1.54) is 6.33 Å². The van der Waals surface area contributed by atoms with Gasteiger partial charge in [0.1, 0.15) is 17.9 Å². The number of benzene rings is 1. The predicted octanol–water partition coefficient (Wildman–Crippen LogP) is 1.34. The van der Waals surface area contributed by atoms with Crippen molar-refractivity contribution in [1.82, 2.24) is 19.5 Å². The first-order valence-electron chi connectivity index (χ1n) is 9.56. The van der Waals surface area contributed by atoms with Crippen molar-refractivity contribution < 1.29 is 9.53 Å². The van der Waals surface area contributed by atoms with Crippen molar-refractivity contribution in [3.8, 4) is 6.07 Å². The summed E-state index contributed by atoms with van der Waals surface area (Å²) in [5.41, 5.74) is 14.4. The maximum atomic E-state index is 11.2. The lowest BCUT2D eigenvalue weighted by atomic mass is 10.0. The lowest BCUT2D eigenvalue weighted by molar-refractivity contribution is 0.0313. The number of fused-ring (bicyclic) bond motifs is 1. The Labute approximate surface area is 173 Å². The molecule has 10 nitrogen and oxygen atoms in total. The van der Waals surface area contributed by atoms with Gasteiger partial charge in [0.15, 0.2) is 5.82 Å². The molecule has 1 fully saturated rings. The van der Waals surface area contributed by atoms with Crippen LogP contribution in [0.2, 0.25) is 0 Å². The molecular weight excluding hydrogens is 384 g/mol. The Hall–Kier alpha value is -3.68. The zero-order valence-electron chi connectivity index (χ0n) is 16.2. The van der Waals surface area contributed by atoms with Crippen LogP contribution in [0, 0.1) is 11.3 Å². The number of aromatic nitrogens is 3. The second kappa shape index (κ2) is 8.36. The average Bonchev–Trinajstić information content (AvgIpc) is 3.14. The summed E-state index contributed by atoms with van der Waals surface area (Å²) >= 11 is 0. The van der Waals surface area contributed by atoms with Gasteiger partial charge in [-0.25, -0.2) is 14.3 Å². The molecule has 154 valence electrons. The quantitative estimate of drug-likeness (QED) is 0.575. The Morgan fingerprint density at radius 2 is 2.27 bits per heavy atom. The van der Waals surface area contributed by atoms with Gasteiger partial charge < -0.3 is 21.5 Å². The fraction of sp³-hybridized carbons (Fsp3) is 0.300. The minimum absolute atomic E-state index is 0.229. The topological polar surface area (TPSA) is 148 Å². The molecule has 0 bridgehead atoms. The number of carbonyl (C=O) groups is 1. The van der Waals surface area contributed by atoms with Crippen LogP contribution < -0.4 is 16.8 Å². The number of nitrogens with two attached hydrogens (primary N) is 2. The minimum Gasteiger partial charge on any atom is -0.443 e. The van der Waals surface area contributed by atoms with E-state index in [0.29, 0.717) is 30.9 Å². The highest BCUT2D eigenvalue weighted by atomic mass is 16.6. The lowest BCUT2D eigenvalue weighted by Gasteiger charge is -2.35. The molecule has 1 aliphatic rings. The summed E-state index contributed by atoms with van der Waals surface area (Å²) < 4.78 is 6.92. The number of amides is 1. The first-order chi connectivity index (χ1) is 14.5. The Balaban J connectivity index is 1.58. The average molecular weight is 406 g/mol. The third kappa shape index (κ3) is 4.17. The molecule has 0 radical (unpaired) electrons. The Bertz CT molecular complexity index is 1110. The van der Waals surface area contributed by atoms with Crippen LogP contribution in [0.3, 0.4) is 0 Å². The van der Waals surface area contributed by atoms with Gasteiger partial charge in [0.05, 0.1) is 11.6 Å². The minimum atomic E-state index is -0.814. The number of anilines is 2. The predicted molar refractivity (Wildman–Crippen MR) is 110 cm³/mol. The number of primary amides is 1. The van der Waals surface area contributed by atoms with Crippen LogP contribution in [0.1, 0.15) is 17.5 Å². The van der Waals surface area contributed by atoms with Crippen LogP contribution in [0.4, 0.5) is 16.3 Å². The summed E-state index contributed by atoms with van der Waals surface area (Å²) in [7, 11) is 0. The first kappa shape index (κ1) is 19.6. The zero-order chi connectivity index (χ0) is 21.1. The van der Waals surface area contributed by atoms with Crippen molar-refractivity contribution in [1.29, 1.82) is 5.26 Å². The number of carbonyl (C=O) groups excluding carboxylic acids is 1. The van der Waals surface area contributed by atoms with Gasteiger partial charge in [-0.1, -0.05) is 6.07 Å². The van der Waals surface area contributed by atoms with Crippen LogP contribution in [0.15, 0.2) is 42.9 Å². The van der Waals surface area contributed by atoms with E-state index in [2.05, 4.69) is 26.4 Å². The molecular formula is C20H22N8O2. The van der Waals surface area contributed by atoms with Crippen molar-refractivity contribution in [3.05, 3.63) is 54.0 Å². The van der Waals surface area contributed by atoms with Gasteiger partial charge in [-0.3, -0.25) is 4.90 Å². The van der Waals surface area contributed by atoms with Crippen molar-refractivity contribution in [2.45, 2.75) is 25.1 Å². The van der Waals surface area contributed by atoms with Gasteiger partial charge in [0, 0.05) is 37.6 Å². The monoisotopic (exact) mass is 406 g/mol. The van der Waals surface area contributed by atoms with Crippen LogP contribution in [0.5, 0.6) is 0 Å². The molecule has 1 saturated heterocycles. The van der Waals surface area contributed by atoms with Crippen LogP contribution in [-0.2, 0) is 11.3 Å². The number of rotatable bonds is 5. The molecule has 3 aromatic rings. The normalized spacial score (nSPS) is 19.3. The van der Waals surface area contributed by atoms with E-state index in [-0.39, 0.29) is 6.04 Å². The number of ether oxygens (including phenoxy) is 1. The van der Waals surface area contributed by atoms with Gasteiger partial charge in [0.2, 0.25) is 0 Å². The molecule has 2 aromatic heterocycles. The number of likely N-dealkylation sites (tertiary alicyclic amines) is 1. The molecule has 3 heterocycles. The van der Waals surface area contributed by atoms with Gasteiger partial charge in [-0.2, -0.15) is 10.4 Å². The molecule has 0 saturated carbocycles. The number of nitrogens with zero attached hydrogens (tertiary/aromatic N) is 5. The smallest absolute Gasteiger partial charge is 0.404 e. The molecule has 2 atom stereocenters. The second-order valence-corrected chi connectivity index (χ2v) is 7.22.